The van der Waals surface area contributed by atoms with E-state index in [0.717, 1.165) is 22.6 Å². The van der Waals surface area contributed by atoms with E-state index in [1.807, 2.05) is 65.2 Å². The zero-order chi connectivity index (χ0) is 17.9. The SMILES string of the molecule is COc1ccc(-c2cc3nccn3c(Nc3ccccc3)n2)cc1OC. The van der Waals surface area contributed by atoms with E-state index in [1.165, 1.54) is 0 Å². The molecule has 0 saturated carbocycles. The lowest BCUT2D eigenvalue weighted by Crippen LogP contribution is -2.02. The van der Waals surface area contributed by atoms with Crippen molar-refractivity contribution in [1.29, 1.82) is 0 Å². The molecule has 130 valence electrons. The molecule has 2 aromatic carbocycles. The molecule has 1 N–H and O–H groups in total. The van der Waals surface area contributed by atoms with E-state index in [4.69, 9.17) is 14.5 Å². The standard InChI is InChI=1S/C20H18N4O2/c1-25-17-9-8-14(12-18(17)26-2)16-13-19-21-10-11-24(19)20(23-16)22-15-6-4-3-5-7-15/h3-13H,1-2H3,(H,22,23). The normalized spacial score (nSPS) is 10.7. The number of nitrogens with zero attached hydrogens (tertiary/aromatic N) is 3. The summed E-state index contributed by atoms with van der Waals surface area (Å²) in [5.74, 6) is 2.03. The number of ether oxygens (including phenoxy) is 2. The van der Waals surface area contributed by atoms with Crippen molar-refractivity contribution in [3.63, 3.8) is 0 Å². The minimum absolute atomic E-state index is 0.660. The van der Waals surface area contributed by atoms with Crippen LogP contribution in [0.25, 0.3) is 16.9 Å². The van der Waals surface area contributed by atoms with Crippen molar-refractivity contribution < 1.29 is 9.47 Å². The van der Waals surface area contributed by atoms with Gasteiger partial charge in [0.05, 0.1) is 19.9 Å². The van der Waals surface area contributed by atoms with Gasteiger partial charge < -0.3 is 14.8 Å². The highest BCUT2D eigenvalue weighted by Crippen LogP contribution is 2.32. The second kappa shape index (κ2) is 6.76. The average Bonchev–Trinajstić information content (AvgIpc) is 3.17. The quantitative estimate of drug-likeness (QED) is 0.588. The Bertz CT molecular complexity index is 1040. The van der Waals surface area contributed by atoms with Gasteiger partial charge in [0.2, 0.25) is 5.95 Å². The Morgan fingerprint density at radius 1 is 0.923 bits per heavy atom. The summed E-state index contributed by atoms with van der Waals surface area (Å²) in [5, 5.41) is 3.35. The van der Waals surface area contributed by atoms with Gasteiger partial charge in [0.25, 0.3) is 0 Å². The Hall–Kier alpha value is -3.54. The van der Waals surface area contributed by atoms with E-state index in [0.29, 0.717) is 17.4 Å². The predicted octanol–water partition coefficient (Wildman–Crippen LogP) is 4.16. The van der Waals surface area contributed by atoms with Gasteiger partial charge in [-0.15, -0.1) is 0 Å². The summed E-state index contributed by atoms with van der Waals surface area (Å²) in [7, 11) is 3.24. The molecule has 0 aliphatic carbocycles. The van der Waals surface area contributed by atoms with Gasteiger partial charge in [-0.05, 0) is 30.3 Å². The molecule has 4 aromatic rings. The fourth-order valence-electron chi connectivity index (χ4n) is 2.81. The van der Waals surface area contributed by atoms with E-state index in [1.54, 1.807) is 20.4 Å². The Morgan fingerprint density at radius 3 is 2.50 bits per heavy atom. The highest BCUT2D eigenvalue weighted by molar-refractivity contribution is 5.70. The first-order chi connectivity index (χ1) is 12.8. The lowest BCUT2D eigenvalue weighted by atomic mass is 10.1. The molecule has 4 rings (SSSR count). The van der Waals surface area contributed by atoms with Crippen LogP contribution in [0.4, 0.5) is 11.6 Å². The molecule has 0 atom stereocenters. The first-order valence-electron chi connectivity index (χ1n) is 8.17. The molecule has 6 nitrogen and oxygen atoms in total. The zero-order valence-corrected chi connectivity index (χ0v) is 14.5. The van der Waals surface area contributed by atoms with Crippen LogP contribution in [0.1, 0.15) is 0 Å². The van der Waals surface area contributed by atoms with Crippen LogP contribution in [-0.4, -0.2) is 28.6 Å². The number of benzene rings is 2. The molecule has 0 amide bonds. The number of fused-ring (bicyclic) bond motifs is 1. The fourth-order valence-corrected chi connectivity index (χ4v) is 2.81. The number of para-hydroxylation sites is 1. The molecule has 0 fully saturated rings. The second-order valence-corrected chi connectivity index (χ2v) is 5.68. The first-order valence-corrected chi connectivity index (χ1v) is 8.17. The van der Waals surface area contributed by atoms with Crippen LogP contribution in [-0.2, 0) is 0 Å². The number of methoxy groups -OCH3 is 2. The third-order valence-corrected chi connectivity index (χ3v) is 4.10. The van der Waals surface area contributed by atoms with Crippen molar-refractivity contribution >= 4 is 17.3 Å². The van der Waals surface area contributed by atoms with E-state index in [-0.39, 0.29) is 0 Å². The topological polar surface area (TPSA) is 60.7 Å². The second-order valence-electron chi connectivity index (χ2n) is 5.68. The summed E-state index contributed by atoms with van der Waals surface area (Å²) in [4.78, 5) is 9.20. The maximum atomic E-state index is 5.41. The summed E-state index contributed by atoms with van der Waals surface area (Å²) >= 11 is 0. The van der Waals surface area contributed by atoms with Crippen LogP contribution in [0, 0.1) is 0 Å². The van der Waals surface area contributed by atoms with Crippen molar-refractivity contribution in [3.05, 3.63) is 67.0 Å². The smallest absolute Gasteiger partial charge is 0.213 e. The lowest BCUT2D eigenvalue weighted by molar-refractivity contribution is 0.355. The molecule has 0 bridgehead atoms. The monoisotopic (exact) mass is 346 g/mol. The molecular formula is C20H18N4O2. The van der Waals surface area contributed by atoms with Crippen molar-refractivity contribution in [3.8, 4) is 22.8 Å². The maximum absolute atomic E-state index is 5.41. The molecular weight excluding hydrogens is 328 g/mol. The van der Waals surface area contributed by atoms with Crippen LogP contribution in [0.3, 0.4) is 0 Å². The highest BCUT2D eigenvalue weighted by atomic mass is 16.5. The summed E-state index contributed by atoms with van der Waals surface area (Å²) in [5.41, 5.74) is 3.48. The highest BCUT2D eigenvalue weighted by Gasteiger charge is 2.11. The predicted molar refractivity (Wildman–Crippen MR) is 101 cm³/mol. The largest absolute Gasteiger partial charge is 0.493 e. The molecule has 0 aliphatic rings. The van der Waals surface area contributed by atoms with Crippen molar-refractivity contribution in [2.75, 3.05) is 19.5 Å². The summed E-state index contributed by atoms with van der Waals surface area (Å²) in [6.07, 6.45) is 3.64. The van der Waals surface area contributed by atoms with Crippen molar-refractivity contribution in [2.45, 2.75) is 0 Å². The van der Waals surface area contributed by atoms with E-state index >= 15 is 0 Å². The van der Waals surface area contributed by atoms with Crippen LogP contribution in [0.15, 0.2) is 67.0 Å². The Kier molecular flexibility index (Phi) is 4.15. The number of hydrogen-bond donors (Lipinski definition) is 1. The van der Waals surface area contributed by atoms with Crippen molar-refractivity contribution in [1.82, 2.24) is 14.4 Å². The zero-order valence-electron chi connectivity index (χ0n) is 14.5. The molecule has 2 heterocycles. The van der Waals surface area contributed by atoms with Gasteiger partial charge in [0.1, 0.15) is 5.65 Å². The molecule has 6 heteroatoms. The third-order valence-electron chi connectivity index (χ3n) is 4.10. The maximum Gasteiger partial charge on any atom is 0.213 e. The Morgan fingerprint density at radius 2 is 1.73 bits per heavy atom. The Labute approximate surface area is 151 Å². The van der Waals surface area contributed by atoms with Gasteiger partial charge in [0, 0.05) is 29.7 Å². The van der Waals surface area contributed by atoms with Gasteiger partial charge in [-0.2, -0.15) is 0 Å². The van der Waals surface area contributed by atoms with Crippen LogP contribution >= 0.6 is 0 Å². The minimum atomic E-state index is 0.660. The lowest BCUT2D eigenvalue weighted by Gasteiger charge is -2.12. The number of hydrogen-bond acceptors (Lipinski definition) is 5. The van der Waals surface area contributed by atoms with Gasteiger partial charge in [-0.25, -0.2) is 9.97 Å². The molecule has 0 aliphatic heterocycles. The summed E-state index contributed by atoms with van der Waals surface area (Å²) in [6, 6.07) is 17.6. The van der Waals surface area contributed by atoms with Crippen molar-refractivity contribution in [2.24, 2.45) is 0 Å². The molecule has 0 radical (unpaired) electrons. The Balaban J connectivity index is 1.81. The minimum Gasteiger partial charge on any atom is -0.493 e. The number of anilines is 2. The fraction of sp³-hybridized carbons (Fsp3) is 0.100. The van der Waals surface area contributed by atoms with Crippen LogP contribution in [0.2, 0.25) is 0 Å². The molecule has 2 aromatic heterocycles. The van der Waals surface area contributed by atoms with Gasteiger partial charge in [-0.1, -0.05) is 18.2 Å². The molecule has 0 spiro atoms. The summed E-state index contributed by atoms with van der Waals surface area (Å²) < 4.78 is 12.6. The van der Waals surface area contributed by atoms with E-state index < -0.39 is 0 Å². The van der Waals surface area contributed by atoms with E-state index in [9.17, 15) is 0 Å². The summed E-state index contributed by atoms with van der Waals surface area (Å²) in [6.45, 7) is 0. The van der Waals surface area contributed by atoms with Gasteiger partial charge in [0.15, 0.2) is 11.5 Å². The van der Waals surface area contributed by atoms with Crippen LogP contribution < -0.4 is 14.8 Å². The number of rotatable bonds is 5. The average molecular weight is 346 g/mol. The molecule has 0 unspecified atom stereocenters. The molecule has 26 heavy (non-hydrogen) atoms. The first kappa shape index (κ1) is 16.0. The van der Waals surface area contributed by atoms with Gasteiger partial charge in [-0.3, -0.25) is 4.40 Å². The number of nitrogens with one attached hydrogen (secondary N) is 1. The van der Waals surface area contributed by atoms with Crippen LogP contribution in [0.5, 0.6) is 11.5 Å². The van der Waals surface area contributed by atoms with Gasteiger partial charge >= 0.3 is 0 Å². The van der Waals surface area contributed by atoms with E-state index in [2.05, 4.69) is 10.3 Å². The number of aromatic nitrogens is 3. The third kappa shape index (κ3) is 2.93. The number of imidazole rings is 1. The molecule has 0 saturated heterocycles.